The van der Waals surface area contributed by atoms with Crippen molar-refractivity contribution in [2.45, 2.75) is 204 Å². The van der Waals surface area contributed by atoms with E-state index in [-0.39, 0.29) is 41.1 Å². The van der Waals surface area contributed by atoms with Crippen LogP contribution in [-0.2, 0) is 47.1 Å². The van der Waals surface area contributed by atoms with E-state index in [1.807, 2.05) is 121 Å². The summed E-state index contributed by atoms with van der Waals surface area (Å²) in [4.78, 5) is 1.55. The molecule has 0 saturated heterocycles. The molecule has 14 heteroatoms. The van der Waals surface area contributed by atoms with Crippen molar-refractivity contribution in [3.8, 4) is 0 Å². The Hall–Kier alpha value is -1.30. The third-order valence-electron chi connectivity index (χ3n) is 23.6. The second-order valence-electron chi connectivity index (χ2n) is 32.4. The van der Waals surface area contributed by atoms with Crippen molar-refractivity contribution in [1.29, 1.82) is 0 Å². The van der Waals surface area contributed by atoms with Crippen LogP contribution in [0.1, 0.15) is 191 Å². The second-order valence-corrected chi connectivity index (χ2v) is 49.9. The SMILES string of the molecule is CC(C)C1CC(Br)C2CC(C)C([Si](C)(C)C3C(C)CC4C(Br)CC(C(C)C)CC43)C2C1.CC1=Cc2c(Br)cc(C(C)C)cc2C1[Si](C)(C)C1C(C)=Cc2c(Br)cc(C(C)C)cc21.[CH3-].[CH3-].[Cl][Zr+2][Cl].[Zr+4].c1ccc([N-]CCC[N-]c2ccccc2)cc1.c1ccc([N-]CCC[N-]c2ccccc2)cc1. The molecule has 0 heterocycles. The number of rotatable bonds is 20. The number of allylic oxidation sites excluding steroid dienone is 2. The van der Waals surface area contributed by atoms with Gasteiger partial charge in [-0.2, -0.15) is 0 Å². The van der Waals surface area contributed by atoms with Gasteiger partial charge in [-0.05, 0) is 180 Å². The van der Waals surface area contributed by atoms with E-state index >= 15 is 0 Å². The topological polar surface area (TPSA) is 56.4 Å². The van der Waals surface area contributed by atoms with Crippen LogP contribution in [0.25, 0.3) is 33.4 Å². The molecule has 4 nitrogen and oxygen atoms in total. The normalized spacial score (nSPS) is 25.0. The summed E-state index contributed by atoms with van der Waals surface area (Å²) in [6, 6.07) is 49.9. The molecule has 4 saturated carbocycles. The Bertz CT molecular complexity index is 3200. The number of alkyl halides is 2. The van der Waals surface area contributed by atoms with Gasteiger partial charge in [0.15, 0.2) is 0 Å². The smallest absolute Gasteiger partial charge is 0.684 e. The molecule has 0 spiro atoms. The van der Waals surface area contributed by atoms with Crippen molar-refractivity contribution in [2.75, 3.05) is 26.2 Å². The molecule has 0 aliphatic heterocycles. The molecule has 4 fully saturated rings. The molecule has 0 radical (unpaired) electrons. The largest absolute Gasteiger partial charge is 4.00 e. The van der Waals surface area contributed by atoms with Crippen LogP contribution in [0.3, 0.4) is 0 Å². The van der Waals surface area contributed by atoms with Gasteiger partial charge in [-0.15, -0.1) is 48.9 Å². The first kappa shape index (κ1) is 91.3. The first-order valence-electron chi connectivity index (χ1n) is 37.4. The fourth-order valence-electron chi connectivity index (χ4n) is 19.2. The van der Waals surface area contributed by atoms with E-state index in [0.29, 0.717) is 22.9 Å². The van der Waals surface area contributed by atoms with Gasteiger partial charge in [-0.25, -0.2) is 0 Å². The zero-order valence-corrected chi connectivity index (χ0v) is 79.7. The van der Waals surface area contributed by atoms with Crippen LogP contribution in [0, 0.1) is 74.0 Å². The van der Waals surface area contributed by atoms with Crippen LogP contribution in [0.15, 0.2) is 166 Å². The van der Waals surface area contributed by atoms with Gasteiger partial charge in [-0.3, -0.25) is 0 Å². The molecule has 0 bridgehead atoms. The van der Waals surface area contributed by atoms with Gasteiger partial charge in [0.25, 0.3) is 0 Å². The third kappa shape index (κ3) is 23.9. The Morgan fingerprint density at radius 2 is 0.725 bits per heavy atom. The van der Waals surface area contributed by atoms with Crippen LogP contribution in [0.4, 0.5) is 22.7 Å². The van der Waals surface area contributed by atoms with Crippen LogP contribution < -0.4 is 0 Å². The van der Waals surface area contributed by atoms with Crippen LogP contribution >= 0.6 is 80.7 Å². The average molecular weight is 1870 g/mol. The van der Waals surface area contributed by atoms with Gasteiger partial charge in [0.1, 0.15) is 0 Å². The summed E-state index contributed by atoms with van der Waals surface area (Å²) in [7, 11) is 6.65. The summed E-state index contributed by atoms with van der Waals surface area (Å²) in [5.41, 5.74) is 19.2. The zero-order valence-electron chi connectivity index (χ0n) is 64.9. The summed E-state index contributed by atoms with van der Waals surface area (Å²) in [6.07, 6.45) is 15.8. The van der Waals surface area contributed by atoms with Crippen molar-refractivity contribution < 1.29 is 47.1 Å². The molecule has 0 aromatic heterocycles. The first-order chi connectivity index (χ1) is 47.2. The summed E-state index contributed by atoms with van der Waals surface area (Å²) in [6.45, 7) is 43.4. The number of halogens is 6. The monoisotopic (exact) mass is 1860 g/mol. The minimum Gasteiger partial charge on any atom is -0.684 e. The molecule has 14 unspecified atom stereocenters. The molecule has 552 valence electrons. The summed E-state index contributed by atoms with van der Waals surface area (Å²) in [5, 5.41) is 17.9. The molecule has 6 aliphatic rings. The molecule has 6 aromatic rings. The fourth-order valence-corrected chi connectivity index (χ4v) is 34.1. The summed E-state index contributed by atoms with van der Waals surface area (Å²) in [5.74, 6) is 10.4. The number of fused-ring (bicyclic) bond motifs is 4. The van der Waals surface area contributed by atoms with Crippen molar-refractivity contribution >= 4 is 132 Å². The van der Waals surface area contributed by atoms with Gasteiger partial charge in [0.2, 0.25) is 0 Å². The van der Waals surface area contributed by atoms with Gasteiger partial charge >= 0.3 is 64.1 Å². The molecule has 6 aliphatic carbocycles. The molecular formula is C88H122Br4Cl2N4Si2Zr2. The predicted octanol–water partition coefficient (Wildman–Crippen LogP) is 31.4. The molecule has 12 rings (SSSR count). The Morgan fingerprint density at radius 3 is 0.990 bits per heavy atom. The zero-order chi connectivity index (χ0) is 71.9. The minimum atomic E-state index is -1.81. The quantitative estimate of drug-likeness (QED) is 0.0317. The molecule has 14 atom stereocenters. The van der Waals surface area contributed by atoms with E-state index in [2.05, 4.69) is 231 Å². The predicted molar refractivity (Wildman–Crippen MR) is 465 cm³/mol. The van der Waals surface area contributed by atoms with Crippen LogP contribution in [-0.4, -0.2) is 52.0 Å². The number of hydrogen-bond donors (Lipinski definition) is 0. The van der Waals surface area contributed by atoms with E-state index in [1.54, 1.807) is 11.1 Å². The first-order valence-corrected chi connectivity index (χ1v) is 53.4. The van der Waals surface area contributed by atoms with Crippen molar-refractivity contribution in [3.05, 3.63) is 235 Å². The summed E-state index contributed by atoms with van der Waals surface area (Å²) < 4.78 is 2.51. The Kier molecular flexibility index (Phi) is 38.8. The van der Waals surface area contributed by atoms with Gasteiger partial charge < -0.3 is 36.1 Å². The maximum absolute atomic E-state index is 4.93. The Labute approximate surface area is 695 Å². The molecule has 0 amide bonds. The van der Waals surface area contributed by atoms with E-state index < -0.39 is 37.0 Å². The molecule has 102 heavy (non-hydrogen) atoms. The maximum Gasteiger partial charge on any atom is 4.00 e. The number of para-hydroxylation sites is 4. The van der Waals surface area contributed by atoms with E-state index in [1.165, 1.54) is 80.9 Å². The standard InChI is InChI=1S/C28H50Br2Si.C28H34Br2Si.2C15H16N2.2CH3.2ClH.2Zr/c2*1-15(2)19-11-23-21(25(29)13-19)9-17(5)27(23)31(7,8)28-18(6)10-22-24(28)12-20(16(3)4)14-26(22)30;2*1-3-8-14(9-4-1)16-12-7-13-17-15-10-5-2-6-11-15;;;;;;/h15-28H,9-14H2,1-8H3;9-16,27-28H,1-8H3;2*1-6,8-11H,7,12-13H2;2*1H3;2*1H;;/q;;2*-2;2*-1;;;2*+4/p-2. The molecular weight excluding hydrogens is 1740 g/mol. The number of hydrogen-bond acceptors (Lipinski definition) is 0. The van der Waals surface area contributed by atoms with Gasteiger partial charge in [0.05, 0.1) is 16.1 Å². The Morgan fingerprint density at radius 1 is 0.441 bits per heavy atom. The van der Waals surface area contributed by atoms with Gasteiger partial charge in [-0.1, -0.05) is 329 Å². The van der Waals surface area contributed by atoms with Crippen LogP contribution in [0.2, 0.25) is 37.3 Å². The van der Waals surface area contributed by atoms with E-state index in [4.69, 9.17) is 17.0 Å². The minimum absolute atomic E-state index is 0. The van der Waals surface area contributed by atoms with E-state index in [0.717, 1.165) is 142 Å². The number of benzene rings is 6. The molecule has 0 N–H and O–H groups in total. The fraction of sp³-hybridized carbons (Fsp3) is 0.523. The molecule has 6 aromatic carbocycles. The number of nitrogens with zero attached hydrogens (tertiary/aromatic N) is 4. The Balaban J connectivity index is 0.000000248. The second kappa shape index (κ2) is 43.3. The van der Waals surface area contributed by atoms with Crippen molar-refractivity contribution in [2.24, 2.45) is 59.2 Å². The maximum atomic E-state index is 4.93. The van der Waals surface area contributed by atoms with E-state index in [9.17, 15) is 0 Å². The third-order valence-corrected chi connectivity index (χ3v) is 36.9. The van der Waals surface area contributed by atoms with Crippen molar-refractivity contribution in [3.63, 3.8) is 0 Å². The average Bonchev–Trinajstić information content (AvgIpc) is 1.57. The van der Waals surface area contributed by atoms with Crippen LogP contribution in [0.5, 0.6) is 0 Å². The summed E-state index contributed by atoms with van der Waals surface area (Å²) >= 11 is 15.4. The van der Waals surface area contributed by atoms with Gasteiger partial charge in [0, 0.05) is 29.7 Å². The van der Waals surface area contributed by atoms with Crippen molar-refractivity contribution in [1.82, 2.24) is 0 Å².